The first-order valence-electron chi connectivity index (χ1n) is 8.48. The first-order valence-corrected chi connectivity index (χ1v) is 8.48. The fourth-order valence-electron chi connectivity index (χ4n) is 2.42. The average molecular weight is 344 g/mol. The highest BCUT2D eigenvalue weighted by Crippen LogP contribution is 2.24. The number of nitrogens with two attached hydrogens (primary N) is 1. The van der Waals surface area contributed by atoms with Gasteiger partial charge < -0.3 is 15.8 Å². The number of anilines is 1. The number of hydrogen-bond acceptors (Lipinski definition) is 4. The van der Waals surface area contributed by atoms with Gasteiger partial charge in [-0.25, -0.2) is 4.68 Å². The second-order valence-corrected chi connectivity index (χ2v) is 7.15. The largest absolute Gasteiger partial charge is 0.380 e. The van der Waals surface area contributed by atoms with Gasteiger partial charge in [0.05, 0.1) is 24.8 Å². The zero-order valence-corrected chi connectivity index (χ0v) is 15.5. The first kappa shape index (κ1) is 19.1. The smallest absolute Gasteiger partial charge is 0.228 e. The SMILES string of the molecule is COC(CN)CC(=O)Nc1cc(C(C)(C)C)nn1Cc1ccccc1. The Hall–Kier alpha value is -2.18. The van der Waals surface area contributed by atoms with Gasteiger partial charge in [0.2, 0.25) is 5.91 Å². The molecule has 1 heterocycles. The van der Waals surface area contributed by atoms with Crippen molar-refractivity contribution in [3.63, 3.8) is 0 Å². The summed E-state index contributed by atoms with van der Waals surface area (Å²) in [5, 5.41) is 7.64. The van der Waals surface area contributed by atoms with Crippen molar-refractivity contribution in [1.29, 1.82) is 0 Å². The minimum Gasteiger partial charge on any atom is -0.380 e. The highest BCUT2D eigenvalue weighted by molar-refractivity contribution is 5.90. The summed E-state index contributed by atoms with van der Waals surface area (Å²) in [6, 6.07) is 12.0. The number of aromatic nitrogens is 2. The molecule has 3 N–H and O–H groups in total. The molecule has 0 bridgehead atoms. The number of hydrogen-bond donors (Lipinski definition) is 2. The Morgan fingerprint density at radius 3 is 2.56 bits per heavy atom. The van der Waals surface area contributed by atoms with Gasteiger partial charge in [0, 0.05) is 25.1 Å². The molecule has 0 fully saturated rings. The van der Waals surface area contributed by atoms with Crippen LogP contribution < -0.4 is 11.1 Å². The fourth-order valence-corrected chi connectivity index (χ4v) is 2.42. The minimum absolute atomic E-state index is 0.103. The second-order valence-electron chi connectivity index (χ2n) is 7.15. The van der Waals surface area contributed by atoms with E-state index in [0.717, 1.165) is 11.3 Å². The van der Waals surface area contributed by atoms with Gasteiger partial charge >= 0.3 is 0 Å². The van der Waals surface area contributed by atoms with Crippen LogP contribution in [0.25, 0.3) is 0 Å². The van der Waals surface area contributed by atoms with E-state index >= 15 is 0 Å². The molecule has 2 aromatic rings. The van der Waals surface area contributed by atoms with E-state index < -0.39 is 0 Å². The number of nitrogens with zero attached hydrogens (tertiary/aromatic N) is 2. The molecule has 6 heteroatoms. The lowest BCUT2D eigenvalue weighted by Crippen LogP contribution is -2.28. The molecule has 25 heavy (non-hydrogen) atoms. The molecule has 1 aromatic heterocycles. The maximum Gasteiger partial charge on any atom is 0.228 e. The van der Waals surface area contributed by atoms with Crippen LogP contribution in [0.1, 0.15) is 38.4 Å². The third-order valence-corrected chi connectivity index (χ3v) is 4.00. The molecular formula is C19H28N4O2. The van der Waals surface area contributed by atoms with Crippen LogP contribution in [0.3, 0.4) is 0 Å². The van der Waals surface area contributed by atoms with E-state index in [9.17, 15) is 4.79 Å². The number of benzene rings is 1. The Morgan fingerprint density at radius 1 is 1.32 bits per heavy atom. The lowest BCUT2D eigenvalue weighted by molar-refractivity contribution is -0.118. The molecule has 1 atom stereocenters. The van der Waals surface area contributed by atoms with Gasteiger partial charge in [0.15, 0.2) is 0 Å². The Bertz CT molecular complexity index is 685. The monoisotopic (exact) mass is 344 g/mol. The molecule has 0 spiro atoms. The van der Waals surface area contributed by atoms with Gasteiger partial charge in [-0.15, -0.1) is 0 Å². The van der Waals surface area contributed by atoms with E-state index in [2.05, 4.69) is 26.1 Å². The Balaban J connectivity index is 2.22. The van der Waals surface area contributed by atoms with Gasteiger partial charge in [0.25, 0.3) is 0 Å². The van der Waals surface area contributed by atoms with Crippen LogP contribution in [0, 0.1) is 0 Å². The minimum atomic E-state index is -0.285. The van der Waals surface area contributed by atoms with Crippen molar-refractivity contribution in [3.05, 3.63) is 47.7 Å². The summed E-state index contributed by atoms with van der Waals surface area (Å²) >= 11 is 0. The summed E-state index contributed by atoms with van der Waals surface area (Å²) in [5.74, 6) is 0.553. The third kappa shape index (κ3) is 5.41. The lowest BCUT2D eigenvalue weighted by atomic mass is 9.92. The number of ether oxygens (including phenoxy) is 1. The number of methoxy groups -OCH3 is 1. The number of carbonyl (C=O) groups is 1. The fraction of sp³-hybridized carbons (Fsp3) is 0.474. The van der Waals surface area contributed by atoms with Crippen LogP contribution in [0.5, 0.6) is 0 Å². The summed E-state index contributed by atoms with van der Waals surface area (Å²) in [6.07, 6.45) is -0.0680. The number of nitrogens with one attached hydrogen (secondary N) is 1. The molecule has 0 radical (unpaired) electrons. The van der Waals surface area contributed by atoms with Crippen molar-refractivity contribution in [2.24, 2.45) is 5.73 Å². The average Bonchev–Trinajstić information content (AvgIpc) is 2.96. The van der Waals surface area contributed by atoms with E-state index in [1.54, 1.807) is 7.11 Å². The Kier molecular flexibility index (Phi) is 6.33. The molecule has 2 rings (SSSR count). The zero-order valence-electron chi connectivity index (χ0n) is 15.5. The van der Waals surface area contributed by atoms with Crippen LogP contribution in [0.2, 0.25) is 0 Å². The molecule has 0 aliphatic heterocycles. The van der Waals surface area contributed by atoms with Crippen molar-refractivity contribution in [1.82, 2.24) is 9.78 Å². The predicted molar refractivity (Wildman–Crippen MR) is 99.6 cm³/mol. The topological polar surface area (TPSA) is 82.2 Å². The van der Waals surface area contributed by atoms with Crippen LogP contribution in [-0.2, 0) is 21.5 Å². The highest BCUT2D eigenvalue weighted by Gasteiger charge is 2.21. The van der Waals surface area contributed by atoms with Crippen molar-refractivity contribution < 1.29 is 9.53 Å². The summed E-state index contributed by atoms with van der Waals surface area (Å²) < 4.78 is 7.02. The van der Waals surface area contributed by atoms with Crippen LogP contribution in [-0.4, -0.2) is 35.4 Å². The van der Waals surface area contributed by atoms with E-state index in [4.69, 9.17) is 15.6 Å². The summed E-state index contributed by atoms with van der Waals surface area (Å²) in [6.45, 7) is 7.20. The van der Waals surface area contributed by atoms with Crippen molar-refractivity contribution in [2.75, 3.05) is 19.0 Å². The first-order chi connectivity index (χ1) is 11.8. The second kappa shape index (κ2) is 8.27. The lowest BCUT2D eigenvalue weighted by Gasteiger charge is -2.14. The van der Waals surface area contributed by atoms with E-state index in [1.807, 2.05) is 41.1 Å². The van der Waals surface area contributed by atoms with Gasteiger partial charge in [-0.3, -0.25) is 4.79 Å². The molecule has 0 aliphatic carbocycles. The van der Waals surface area contributed by atoms with E-state index in [-0.39, 0.29) is 23.8 Å². The van der Waals surface area contributed by atoms with Crippen molar-refractivity contribution in [2.45, 2.75) is 45.3 Å². The molecule has 1 unspecified atom stereocenters. The van der Waals surface area contributed by atoms with Gasteiger partial charge in [-0.05, 0) is 5.56 Å². The molecule has 0 saturated carbocycles. The molecule has 0 aliphatic rings. The van der Waals surface area contributed by atoms with E-state index in [0.29, 0.717) is 18.9 Å². The quantitative estimate of drug-likeness (QED) is 0.808. The molecular weight excluding hydrogens is 316 g/mol. The third-order valence-electron chi connectivity index (χ3n) is 4.00. The number of carbonyl (C=O) groups excluding carboxylic acids is 1. The van der Waals surface area contributed by atoms with Crippen LogP contribution in [0.15, 0.2) is 36.4 Å². The molecule has 0 saturated heterocycles. The highest BCUT2D eigenvalue weighted by atomic mass is 16.5. The normalized spacial score (nSPS) is 12.8. The summed E-state index contributed by atoms with van der Waals surface area (Å²) in [5.41, 5.74) is 7.55. The molecule has 6 nitrogen and oxygen atoms in total. The van der Waals surface area contributed by atoms with Gasteiger partial charge in [0.1, 0.15) is 5.82 Å². The molecule has 136 valence electrons. The molecule has 1 amide bonds. The van der Waals surface area contributed by atoms with Gasteiger partial charge in [-0.1, -0.05) is 51.1 Å². The van der Waals surface area contributed by atoms with Crippen molar-refractivity contribution >= 4 is 11.7 Å². The van der Waals surface area contributed by atoms with E-state index in [1.165, 1.54) is 0 Å². The maximum absolute atomic E-state index is 12.3. The number of amides is 1. The molecule has 1 aromatic carbocycles. The van der Waals surface area contributed by atoms with Crippen LogP contribution in [0.4, 0.5) is 5.82 Å². The Morgan fingerprint density at radius 2 is 2.00 bits per heavy atom. The number of rotatable bonds is 7. The Labute approximate surface area is 149 Å². The van der Waals surface area contributed by atoms with Crippen molar-refractivity contribution in [3.8, 4) is 0 Å². The zero-order chi connectivity index (χ0) is 18.4. The standard InChI is InChI=1S/C19H28N4O2/c1-19(2,3)16-11-17(21-18(24)10-15(12-20)25-4)23(22-16)13-14-8-6-5-7-9-14/h5-9,11,15H,10,12-13,20H2,1-4H3,(H,21,24). The predicted octanol–water partition coefficient (Wildman–Crippen LogP) is 2.53. The summed E-state index contributed by atoms with van der Waals surface area (Å²) in [7, 11) is 1.56. The summed E-state index contributed by atoms with van der Waals surface area (Å²) in [4.78, 5) is 12.3. The maximum atomic E-state index is 12.3. The van der Waals surface area contributed by atoms with Gasteiger partial charge in [-0.2, -0.15) is 5.10 Å². The van der Waals surface area contributed by atoms with Crippen LogP contribution >= 0.6 is 0 Å².